The van der Waals surface area contributed by atoms with Crippen molar-refractivity contribution < 1.29 is 14.9 Å². The molecule has 0 fully saturated rings. The molecule has 2 rings (SSSR count). The van der Waals surface area contributed by atoms with Gasteiger partial charge >= 0.3 is 0 Å². The van der Waals surface area contributed by atoms with E-state index in [0.717, 1.165) is 24.0 Å². The van der Waals surface area contributed by atoms with Gasteiger partial charge in [0.05, 0.1) is 0 Å². The van der Waals surface area contributed by atoms with E-state index >= 15 is 0 Å². The van der Waals surface area contributed by atoms with Crippen LogP contribution in [0.25, 0.3) is 0 Å². The number of hydrogen-bond donors (Lipinski definition) is 2. The SMILES string of the molecule is Cc1cc(O)c(O)c2c1CCC(C)(C)O2. The maximum atomic E-state index is 9.73. The molecule has 0 aromatic heterocycles. The van der Waals surface area contributed by atoms with Crippen molar-refractivity contribution >= 4 is 0 Å². The van der Waals surface area contributed by atoms with Crippen molar-refractivity contribution in [2.24, 2.45) is 0 Å². The van der Waals surface area contributed by atoms with Crippen molar-refractivity contribution in [1.82, 2.24) is 0 Å². The summed E-state index contributed by atoms with van der Waals surface area (Å²) in [5, 5.41) is 19.2. The van der Waals surface area contributed by atoms with Crippen LogP contribution in [0.5, 0.6) is 17.2 Å². The highest BCUT2D eigenvalue weighted by atomic mass is 16.5. The van der Waals surface area contributed by atoms with Crippen LogP contribution in [0.2, 0.25) is 0 Å². The van der Waals surface area contributed by atoms with Crippen LogP contribution in [0.3, 0.4) is 0 Å². The lowest BCUT2D eigenvalue weighted by Gasteiger charge is -2.33. The van der Waals surface area contributed by atoms with Crippen molar-refractivity contribution in [1.29, 1.82) is 0 Å². The molecular formula is C12H16O3. The number of phenolic OH excluding ortho intramolecular Hbond substituents is 2. The molecule has 0 saturated carbocycles. The molecule has 0 amide bonds. The molecule has 0 bridgehead atoms. The number of aromatic hydroxyl groups is 2. The molecule has 82 valence electrons. The van der Waals surface area contributed by atoms with E-state index in [1.807, 2.05) is 20.8 Å². The second kappa shape index (κ2) is 3.05. The first-order valence-corrected chi connectivity index (χ1v) is 5.14. The predicted molar refractivity (Wildman–Crippen MR) is 57.5 cm³/mol. The van der Waals surface area contributed by atoms with E-state index in [9.17, 15) is 10.2 Å². The molecule has 0 unspecified atom stereocenters. The Labute approximate surface area is 89.3 Å². The summed E-state index contributed by atoms with van der Waals surface area (Å²) < 4.78 is 5.70. The van der Waals surface area contributed by atoms with Crippen LogP contribution < -0.4 is 4.74 Å². The van der Waals surface area contributed by atoms with Crippen LogP contribution in [0, 0.1) is 6.92 Å². The van der Waals surface area contributed by atoms with Crippen molar-refractivity contribution in [3.8, 4) is 17.2 Å². The van der Waals surface area contributed by atoms with Gasteiger partial charge < -0.3 is 14.9 Å². The molecule has 2 N–H and O–H groups in total. The third-order valence-electron chi connectivity index (χ3n) is 2.92. The molecule has 3 heteroatoms. The molecule has 1 aromatic rings. The van der Waals surface area contributed by atoms with Gasteiger partial charge in [-0.2, -0.15) is 0 Å². The van der Waals surface area contributed by atoms with Crippen molar-refractivity contribution in [2.75, 3.05) is 0 Å². The maximum Gasteiger partial charge on any atom is 0.200 e. The minimum atomic E-state index is -0.273. The molecular weight excluding hydrogens is 192 g/mol. The zero-order chi connectivity index (χ0) is 11.2. The number of hydrogen-bond acceptors (Lipinski definition) is 3. The van der Waals surface area contributed by atoms with Gasteiger partial charge in [0.25, 0.3) is 0 Å². The van der Waals surface area contributed by atoms with E-state index in [1.54, 1.807) is 6.07 Å². The molecule has 1 aromatic carbocycles. The average Bonchev–Trinajstić information content (AvgIpc) is 2.13. The van der Waals surface area contributed by atoms with E-state index < -0.39 is 0 Å². The lowest BCUT2D eigenvalue weighted by molar-refractivity contribution is 0.0797. The van der Waals surface area contributed by atoms with Gasteiger partial charge in [0.15, 0.2) is 11.5 Å². The molecule has 0 atom stereocenters. The molecule has 1 aliphatic rings. The largest absolute Gasteiger partial charge is 0.504 e. The summed E-state index contributed by atoms with van der Waals surface area (Å²) in [7, 11) is 0. The minimum Gasteiger partial charge on any atom is -0.504 e. The highest BCUT2D eigenvalue weighted by Gasteiger charge is 2.30. The Morgan fingerprint density at radius 1 is 1.33 bits per heavy atom. The van der Waals surface area contributed by atoms with Gasteiger partial charge in [0.1, 0.15) is 5.60 Å². The molecule has 1 heterocycles. The van der Waals surface area contributed by atoms with E-state index in [4.69, 9.17) is 4.74 Å². The normalized spacial score (nSPS) is 18.1. The first kappa shape index (κ1) is 10.1. The summed E-state index contributed by atoms with van der Waals surface area (Å²) >= 11 is 0. The van der Waals surface area contributed by atoms with Gasteiger partial charge in [0, 0.05) is 5.56 Å². The zero-order valence-electron chi connectivity index (χ0n) is 9.29. The van der Waals surface area contributed by atoms with Gasteiger partial charge in [-0.1, -0.05) is 0 Å². The fourth-order valence-corrected chi connectivity index (χ4v) is 1.97. The summed E-state index contributed by atoms with van der Waals surface area (Å²) in [4.78, 5) is 0. The highest BCUT2D eigenvalue weighted by Crippen LogP contribution is 2.45. The van der Waals surface area contributed by atoms with Crippen LogP contribution in [0.15, 0.2) is 6.07 Å². The number of phenols is 2. The number of rotatable bonds is 0. The Balaban J connectivity index is 2.58. The molecule has 0 aliphatic carbocycles. The van der Waals surface area contributed by atoms with E-state index in [0.29, 0.717) is 5.75 Å². The van der Waals surface area contributed by atoms with Crippen LogP contribution >= 0.6 is 0 Å². The van der Waals surface area contributed by atoms with Crippen LogP contribution in [0.1, 0.15) is 31.4 Å². The van der Waals surface area contributed by atoms with Crippen molar-refractivity contribution in [3.63, 3.8) is 0 Å². The number of fused-ring (bicyclic) bond motifs is 1. The van der Waals surface area contributed by atoms with Crippen molar-refractivity contribution in [3.05, 3.63) is 17.2 Å². The summed E-state index contributed by atoms with van der Waals surface area (Å²) in [6.07, 6.45) is 1.80. The van der Waals surface area contributed by atoms with Gasteiger partial charge in [-0.05, 0) is 45.2 Å². The van der Waals surface area contributed by atoms with Gasteiger partial charge in [-0.15, -0.1) is 0 Å². The molecule has 15 heavy (non-hydrogen) atoms. The average molecular weight is 208 g/mol. The minimum absolute atomic E-state index is 0.107. The molecule has 0 spiro atoms. The predicted octanol–water partition coefficient (Wildman–Crippen LogP) is 2.51. The lowest BCUT2D eigenvalue weighted by Crippen LogP contribution is -2.32. The first-order valence-electron chi connectivity index (χ1n) is 5.14. The molecule has 0 radical (unpaired) electrons. The Kier molecular flexibility index (Phi) is 2.07. The fraction of sp³-hybridized carbons (Fsp3) is 0.500. The van der Waals surface area contributed by atoms with E-state index in [1.165, 1.54) is 0 Å². The Hall–Kier alpha value is -1.38. The highest BCUT2D eigenvalue weighted by molar-refractivity contribution is 5.58. The molecule has 0 saturated heterocycles. The quantitative estimate of drug-likeness (QED) is 0.644. The Bertz CT molecular complexity index is 408. The smallest absolute Gasteiger partial charge is 0.200 e. The topological polar surface area (TPSA) is 49.7 Å². The van der Waals surface area contributed by atoms with E-state index in [2.05, 4.69) is 0 Å². The molecule has 1 aliphatic heterocycles. The fourth-order valence-electron chi connectivity index (χ4n) is 1.97. The second-order valence-corrected chi connectivity index (χ2v) is 4.73. The number of benzene rings is 1. The summed E-state index contributed by atoms with van der Waals surface area (Å²) in [6.45, 7) is 5.88. The van der Waals surface area contributed by atoms with Gasteiger partial charge in [-0.3, -0.25) is 0 Å². The number of ether oxygens (including phenoxy) is 1. The van der Waals surface area contributed by atoms with Gasteiger partial charge in [0.2, 0.25) is 5.75 Å². The monoisotopic (exact) mass is 208 g/mol. The Morgan fingerprint density at radius 2 is 2.00 bits per heavy atom. The van der Waals surface area contributed by atoms with Crippen LogP contribution in [-0.2, 0) is 6.42 Å². The second-order valence-electron chi connectivity index (χ2n) is 4.73. The van der Waals surface area contributed by atoms with Crippen molar-refractivity contribution in [2.45, 2.75) is 39.2 Å². The molecule has 3 nitrogen and oxygen atoms in total. The summed E-state index contributed by atoms with van der Waals surface area (Å²) in [5.41, 5.74) is 1.70. The standard InChI is InChI=1S/C12H16O3/c1-7-6-9(13)10(14)11-8(7)4-5-12(2,3)15-11/h6,13-14H,4-5H2,1-3H3. The Morgan fingerprint density at radius 3 is 2.67 bits per heavy atom. The third kappa shape index (κ3) is 1.62. The number of aryl methyl sites for hydroxylation is 1. The summed E-state index contributed by atoms with van der Waals surface area (Å²) in [6, 6.07) is 1.58. The van der Waals surface area contributed by atoms with Crippen LogP contribution in [-0.4, -0.2) is 15.8 Å². The van der Waals surface area contributed by atoms with Crippen LogP contribution in [0.4, 0.5) is 0 Å². The van der Waals surface area contributed by atoms with Gasteiger partial charge in [-0.25, -0.2) is 0 Å². The third-order valence-corrected chi connectivity index (χ3v) is 2.92. The maximum absolute atomic E-state index is 9.73. The lowest BCUT2D eigenvalue weighted by atomic mass is 9.91. The summed E-state index contributed by atoms with van der Waals surface area (Å²) in [5.74, 6) is 0.205. The first-order chi connectivity index (χ1) is 6.91. The zero-order valence-corrected chi connectivity index (χ0v) is 9.29. The van der Waals surface area contributed by atoms with E-state index in [-0.39, 0.29) is 17.1 Å².